The molecular formula is C18H26N2O2. The minimum absolute atomic E-state index is 0.113. The highest BCUT2D eigenvalue weighted by Gasteiger charge is 2.23. The van der Waals surface area contributed by atoms with Gasteiger partial charge >= 0.3 is 0 Å². The van der Waals surface area contributed by atoms with Crippen molar-refractivity contribution in [3.63, 3.8) is 0 Å². The SMILES string of the molecule is O=C(c1ccc(NCC2CCC2)cc1)N1CCC(CO)CC1. The van der Waals surface area contributed by atoms with Crippen LogP contribution in [0.4, 0.5) is 5.69 Å². The molecule has 1 aromatic rings. The fraction of sp³-hybridized carbons (Fsp3) is 0.611. The quantitative estimate of drug-likeness (QED) is 0.879. The van der Waals surface area contributed by atoms with Gasteiger partial charge in [-0.15, -0.1) is 0 Å². The zero-order chi connectivity index (χ0) is 15.4. The van der Waals surface area contributed by atoms with Crippen LogP contribution >= 0.6 is 0 Å². The molecule has 3 rings (SSSR count). The Morgan fingerprint density at radius 2 is 1.77 bits per heavy atom. The Labute approximate surface area is 132 Å². The summed E-state index contributed by atoms with van der Waals surface area (Å²) in [7, 11) is 0. The van der Waals surface area contributed by atoms with E-state index in [4.69, 9.17) is 5.11 Å². The summed E-state index contributed by atoms with van der Waals surface area (Å²) in [4.78, 5) is 14.4. The van der Waals surface area contributed by atoms with Gasteiger partial charge in [0.05, 0.1) is 0 Å². The normalized spacial score (nSPS) is 19.8. The number of likely N-dealkylation sites (tertiary alicyclic amines) is 1. The average molecular weight is 302 g/mol. The van der Waals surface area contributed by atoms with Crippen molar-refractivity contribution >= 4 is 11.6 Å². The number of carbonyl (C=O) groups is 1. The maximum atomic E-state index is 12.5. The molecule has 1 amide bonds. The number of amides is 1. The van der Waals surface area contributed by atoms with E-state index in [0.717, 1.165) is 49.6 Å². The highest BCUT2D eigenvalue weighted by atomic mass is 16.3. The Morgan fingerprint density at radius 3 is 2.32 bits per heavy atom. The zero-order valence-electron chi connectivity index (χ0n) is 13.1. The molecule has 4 nitrogen and oxygen atoms in total. The highest BCUT2D eigenvalue weighted by molar-refractivity contribution is 5.94. The van der Waals surface area contributed by atoms with E-state index in [2.05, 4.69) is 5.32 Å². The number of aliphatic hydroxyl groups is 1. The van der Waals surface area contributed by atoms with Crippen molar-refractivity contribution in [3.8, 4) is 0 Å². The molecule has 120 valence electrons. The summed E-state index contributed by atoms with van der Waals surface area (Å²) < 4.78 is 0. The van der Waals surface area contributed by atoms with Gasteiger partial charge in [0.1, 0.15) is 0 Å². The van der Waals surface area contributed by atoms with E-state index in [-0.39, 0.29) is 12.5 Å². The molecule has 1 saturated heterocycles. The number of rotatable bonds is 5. The van der Waals surface area contributed by atoms with E-state index in [9.17, 15) is 4.79 Å². The lowest BCUT2D eigenvalue weighted by atomic mass is 9.85. The molecule has 0 radical (unpaired) electrons. The first kappa shape index (κ1) is 15.3. The third-order valence-corrected chi connectivity index (χ3v) is 5.11. The van der Waals surface area contributed by atoms with E-state index < -0.39 is 0 Å². The molecule has 0 atom stereocenters. The topological polar surface area (TPSA) is 52.6 Å². The Morgan fingerprint density at radius 1 is 1.09 bits per heavy atom. The van der Waals surface area contributed by atoms with Crippen LogP contribution in [0.3, 0.4) is 0 Å². The number of nitrogens with zero attached hydrogens (tertiary/aromatic N) is 1. The van der Waals surface area contributed by atoms with Gasteiger partial charge < -0.3 is 15.3 Å². The van der Waals surface area contributed by atoms with E-state index in [0.29, 0.717) is 5.92 Å². The number of anilines is 1. The fourth-order valence-electron chi connectivity index (χ4n) is 3.19. The van der Waals surface area contributed by atoms with Gasteiger partial charge in [-0.05, 0) is 61.8 Å². The number of carbonyl (C=O) groups excluding carboxylic acids is 1. The summed E-state index contributed by atoms with van der Waals surface area (Å²) in [5, 5.41) is 12.6. The summed E-state index contributed by atoms with van der Waals surface area (Å²) in [6.07, 6.45) is 5.86. The van der Waals surface area contributed by atoms with Crippen molar-refractivity contribution < 1.29 is 9.90 Å². The van der Waals surface area contributed by atoms with Crippen molar-refractivity contribution in [1.29, 1.82) is 0 Å². The number of hydrogen-bond donors (Lipinski definition) is 2. The molecule has 1 aliphatic carbocycles. The van der Waals surface area contributed by atoms with E-state index in [1.807, 2.05) is 29.2 Å². The number of aliphatic hydroxyl groups excluding tert-OH is 1. The second-order valence-electron chi connectivity index (χ2n) is 6.67. The maximum absolute atomic E-state index is 12.5. The van der Waals surface area contributed by atoms with Crippen LogP contribution < -0.4 is 5.32 Å². The van der Waals surface area contributed by atoms with Gasteiger partial charge in [0, 0.05) is 37.5 Å². The van der Waals surface area contributed by atoms with Crippen molar-refractivity contribution in [3.05, 3.63) is 29.8 Å². The predicted octanol–water partition coefficient (Wildman–Crippen LogP) is 2.74. The largest absolute Gasteiger partial charge is 0.396 e. The van der Waals surface area contributed by atoms with E-state index in [1.165, 1.54) is 19.3 Å². The third-order valence-electron chi connectivity index (χ3n) is 5.11. The molecule has 2 fully saturated rings. The van der Waals surface area contributed by atoms with Crippen LogP contribution in [0.2, 0.25) is 0 Å². The molecule has 1 heterocycles. The molecule has 1 aliphatic heterocycles. The van der Waals surface area contributed by atoms with Gasteiger partial charge in [-0.3, -0.25) is 4.79 Å². The van der Waals surface area contributed by atoms with E-state index >= 15 is 0 Å². The minimum Gasteiger partial charge on any atom is -0.396 e. The smallest absolute Gasteiger partial charge is 0.253 e. The van der Waals surface area contributed by atoms with Crippen LogP contribution in [-0.2, 0) is 0 Å². The summed E-state index contributed by atoms with van der Waals surface area (Å²) >= 11 is 0. The molecule has 1 aromatic carbocycles. The lowest BCUT2D eigenvalue weighted by Gasteiger charge is -2.31. The molecule has 4 heteroatoms. The molecule has 1 saturated carbocycles. The third kappa shape index (κ3) is 3.61. The number of hydrogen-bond acceptors (Lipinski definition) is 3. The highest BCUT2D eigenvalue weighted by Crippen LogP contribution is 2.26. The number of nitrogens with one attached hydrogen (secondary N) is 1. The molecule has 0 aromatic heterocycles. The van der Waals surface area contributed by atoms with Gasteiger partial charge in [0.15, 0.2) is 0 Å². The van der Waals surface area contributed by atoms with Crippen molar-refractivity contribution in [2.45, 2.75) is 32.1 Å². The lowest BCUT2D eigenvalue weighted by Crippen LogP contribution is -2.39. The minimum atomic E-state index is 0.113. The van der Waals surface area contributed by atoms with Crippen LogP contribution in [0.5, 0.6) is 0 Å². The Bertz CT molecular complexity index is 488. The average Bonchev–Trinajstić information content (AvgIpc) is 2.53. The molecular weight excluding hydrogens is 276 g/mol. The lowest BCUT2D eigenvalue weighted by molar-refractivity contribution is 0.0651. The monoisotopic (exact) mass is 302 g/mol. The summed E-state index contributed by atoms with van der Waals surface area (Å²) in [5.74, 6) is 1.30. The first-order valence-corrected chi connectivity index (χ1v) is 8.50. The molecule has 0 bridgehead atoms. The second-order valence-corrected chi connectivity index (χ2v) is 6.67. The predicted molar refractivity (Wildman–Crippen MR) is 88.0 cm³/mol. The van der Waals surface area contributed by atoms with Crippen molar-refractivity contribution in [2.75, 3.05) is 31.6 Å². The first-order chi connectivity index (χ1) is 10.8. The standard InChI is InChI=1S/C18H26N2O2/c21-13-15-8-10-20(11-9-15)18(22)16-4-6-17(7-5-16)19-12-14-2-1-3-14/h4-7,14-15,19,21H,1-3,8-13H2. The number of benzene rings is 1. The zero-order valence-corrected chi connectivity index (χ0v) is 13.1. The molecule has 2 aliphatic rings. The van der Waals surface area contributed by atoms with Gasteiger partial charge in [0.2, 0.25) is 0 Å². The van der Waals surface area contributed by atoms with Gasteiger partial charge in [-0.1, -0.05) is 6.42 Å². The van der Waals surface area contributed by atoms with Crippen LogP contribution in [0.1, 0.15) is 42.5 Å². The van der Waals surface area contributed by atoms with Crippen LogP contribution in [0.15, 0.2) is 24.3 Å². The summed E-state index contributed by atoms with van der Waals surface area (Å²) in [5.41, 5.74) is 1.86. The number of piperidine rings is 1. The van der Waals surface area contributed by atoms with Crippen molar-refractivity contribution in [2.24, 2.45) is 11.8 Å². The Kier molecular flexibility index (Phi) is 4.98. The molecule has 2 N–H and O–H groups in total. The Hall–Kier alpha value is -1.55. The second kappa shape index (κ2) is 7.14. The Balaban J connectivity index is 1.52. The fourth-order valence-corrected chi connectivity index (χ4v) is 3.19. The summed E-state index contributed by atoms with van der Waals surface area (Å²) in [6.45, 7) is 2.79. The van der Waals surface area contributed by atoms with Crippen LogP contribution in [0, 0.1) is 11.8 Å². The molecule has 22 heavy (non-hydrogen) atoms. The molecule has 0 spiro atoms. The van der Waals surface area contributed by atoms with Crippen LogP contribution in [0.25, 0.3) is 0 Å². The first-order valence-electron chi connectivity index (χ1n) is 8.50. The maximum Gasteiger partial charge on any atom is 0.253 e. The summed E-state index contributed by atoms with van der Waals surface area (Å²) in [6, 6.07) is 7.85. The molecule has 0 unspecified atom stereocenters. The van der Waals surface area contributed by atoms with Gasteiger partial charge in [-0.2, -0.15) is 0 Å². The van der Waals surface area contributed by atoms with Crippen molar-refractivity contribution in [1.82, 2.24) is 4.90 Å². The van der Waals surface area contributed by atoms with E-state index in [1.54, 1.807) is 0 Å². The van der Waals surface area contributed by atoms with Gasteiger partial charge in [-0.25, -0.2) is 0 Å². The van der Waals surface area contributed by atoms with Crippen LogP contribution in [-0.4, -0.2) is 42.2 Å². The van der Waals surface area contributed by atoms with Gasteiger partial charge in [0.25, 0.3) is 5.91 Å².